The Hall–Kier alpha value is -5.48. The minimum atomic E-state index is -0.964. The van der Waals surface area contributed by atoms with Gasteiger partial charge in [-0.1, -0.05) is 24.3 Å². The second kappa shape index (κ2) is 12.6. The van der Waals surface area contributed by atoms with Crippen molar-refractivity contribution in [1.82, 2.24) is 14.9 Å². The van der Waals surface area contributed by atoms with Crippen molar-refractivity contribution in [2.24, 2.45) is 0 Å². The number of para-hydroxylation sites is 1. The van der Waals surface area contributed by atoms with Crippen molar-refractivity contribution in [2.45, 2.75) is 25.9 Å². The average molecular weight is 618 g/mol. The smallest absolute Gasteiger partial charge is 0.335 e. The Bertz CT molecular complexity index is 1840. The molecule has 0 unspecified atom stereocenters. The molecule has 10 heteroatoms. The summed E-state index contributed by atoms with van der Waals surface area (Å²) in [6.07, 6.45) is 1.77. The van der Waals surface area contributed by atoms with Crippen LogP contribution < -0.4 is 20.3 Å². The number of aryl methyl sites for hydroxylation is 1. The number of pyridine rings is 1. The van der Waals surface area contributed by atoms with Gasteiger partial charge in [-0.25, -0.2) is 4.79 Å². The van der Waals surface area contributed by atoms with Gasteiger partial charge >= 0.3 is 5.97 Å². The Labute approximate surface area is 266 Å². The molecule has 6 rings (SSSR count). The molecule has 45 heavy (non-hydrogen) atoms. The van der Waals surface area contributed by atoms with Gasteiger partial charge in [0.15, 0.2) is 11.7 Å². The van der Waals surface area contributed by atoms with Crippen LogP contribution in [0.15, 0.2) is 109 Å². The summed E-state index contributed by atoms with van der Waals surface area (Å²) in [5.74, 6) is -0.598. The highest BCUT2D eigenvalue weighted by molar-refractivity contribution is 7.80. The molecule has 226 valence electrons. The lowest BCUT2D eigenvalue weighted by Gasteiger charge is -2.28. The van der Waals surface area contributed by atoms with Crippen LogP contribution in [-0.2, 0) is 4.79 Å². The molecule has 3 N–H and O–H groups in total. The molecule has 3 aromatic carbocycles. The van der Waals surface area contributed by atoms with Crippen LogP contribution in [0.3, 0.4) is 0 Å². The van der Waals surface area contributed by atoms with Gasteiger partial charge in [0, 0.05) is 34.6 Å². The number of aromatic carboxylic acids is 1. The molecule has 9 nitrogen and oxygen atoms in total. The van der Waals surface area contributed by atoms with Gasteiger partial charge in [0.1, 0.15) is 5.75 Å². The van der Waals surface area contributed by atoms with Gasteiger partial charge in [0.2, 0.25) is 0 Å². The maximum Gasteiger partial charge on any atom is 0.335 e. The summed E-state index contributed by atoms with van der Waals surface area (Å²) < 4.78 is 7.68. The second-order valence-corrected chi connectivity index (χ2v) is 11.1. The van der Waals surface area contributed by atoms with Crippen molar-refractivity contribution in [3.05, 3.63) is 138 Å². The fraction of sp³-hybridized carbons (Fsp3) is 0.143. The number of rotatable bonds is 9. The number of hydrogen-bond acceptors (Lipinski definition) is 5. The predicted octanol–water partition coefficient (Wildman–Crippen LogP) is 6.38. The fourth-order valence-corrected chi connectivity index (χ4v) is 6.10. The number of hydrogen-bond donors (Lipinski definition) is 3. The number of amides is 1. The van der Waals surface area contributed by atoms with E-state index in [2.05, 4.69) is 38.1 Å². The van der Waals surface area contributed by atoms with E-state index in [4.69, 9.17) is 17.0 Å². The molecule has 0 bridgehead atoms. The molecule has 5 aromatic rings. The van der Waals surface area contributed by atoms with Crippen LogP contribution >= 0.6 is 12.2 Å². The first-order valence-corrected chi connectivity index (χ1v) is 14.8. The molecule has 1 aliphatic rings. The Morgan fingerprint density at radius 2 is 1.62 bits per heavy atom. The van der Waals surface area contributed by atoms with Crippen LogP contribution in [0.2, 0.25) is 0 Å². The number of carboxylic acids is 1. The van der Waals surface area contributed by atoms with Gasteiger partial charge in [-0.05, 0) is 110 Å². The summed E-state index contributed by atoms with van der Waals surface area (Å²) in [4.78, 5) is 30.7. The molecule has 0 aliphatic carbocycles. The molecule has 0 radical (unpaired) electrons. The molecule has 1 fully saturated rings. The summed E-state index contributed by atoms with van der Waals surface area (Å²) >= 11 is 5.91. The topological polar surface area (TPSA) is 109 Å². The van der Waals surface area contributed by atoms with E-state index >= 15 is 0 Å². The molecule has 3 heterocycles. The van der Waals surface area contributed by atoms with Gasteiger partial charge in [-0.2, -0.15) is 0 Å². The zero-order valence-corrected chi connectivity index (χ0v) is 25.5. The highest BCUT2D eigenvalue weighted by Gasteiger charge is 2.42. The van der Waals surface area contributed by atoms with Crippen LogP contribution in [0.25, 0.3) is 5.69 Å². The third-order valence-corrected chi connectivity index (χ3v) is 8.12. The van der Waals surface area contributed by atoms with Gasteiger partial charge in [0.25, 0.3) is 5.91 Å². The minimum absolute atomic E-state index is 0.103. The van der Waals surface area contributed by atoms with Crippen molar-refractivity contribution in [2.75, 3.05) is 16.8 Å². The first kappa shape index (κ1) is 29.6. The number of carbonyl (C=O) groups is 2. The zero-order valence-electron chi connectivity index (χ0n) is 24.7. The lowest BCUT2D eigenvalue weighted by Crippen LogP contribution is -2.29. The summed E-state index contributed by atoms with van der Waals surface area (Å²) in [6, 6.07) is 31.1. The number of nitrogens with one attached hydrogen (secondary N) is 2. The van der Waals surface area contributed by atoms with Crippen molar-refractivity contribution < 1.29 is 19.4 Å². The van der Waals surface area contributed by atoms with Gasteiger partial charge in [0.05, 0.1) is 23.3 Å². The SMILES string of the molecule is Cc1cc([C@H]2[C@@H](c3ccccn3)NC(=S)N2c2ccc(NC(=O)COc3ccccc3)cc2)c(C)n1-c1ccc(C(=O)O)cc1. The second-order valence-electron chi connectivity index (χ2n) is 10.7. The summed E-state index contributed by atoms with van der Waals surface area (Å²) in [6.45, 7) is 3.98. The Morgan fingerprint density at radius 3 is 2.29 bits per heavy atom. The van der Waals surface area contributed by atoms with Crippen molar-refractivity contribution >= 4 is 40.6 Å². The van der Waals surface area contributed by atoms with E-state index in [1.54, 1.807) is 30.5 Å². The molecular formula is C35H31N5O4S. The maximum atomic E-state index is 12.5. The van der Waals surface area contributed by atoms with E-state index in [0.29, 0.717) is 16.5 Å². The number of benzene rings is 3. The lowest BCUT2D eigenvalue weighted by atomic mass is 9.96. The van der Waals surface area contributed by atoms with Gasteiger partial charge in [-0.15, -0.1) is 0 Å². The highest BCUT2D eigenvalue weighted by Crippen LogP contribution is 2.44. The van der Waals surface area contributed by atoms with Crippen molar-refractivity contribution in [3.63, 3.8) is 0 Å². The molecular weight excluding hydrogens is 586 g/mol. The number of carbonyl (C=O) groups excluding carboxylic acids is 1. The highest BCUT2D eigenvalue weighted by atomic mass is 32.1. The number of ether oxygens (including phenoxy) is 1. The van der Waals surface area contributed by atoms with E-state index in [9.17, 15) is 14.7 Å². The van der Waals surface area contributed by atoms with Crippen LogP contribution in [0.5, 0.6) is 5.75 Å². The van der Waals surface area contributed by atoms with E-state index in [1.807, 2.05) is 79.7 Å². The van der Waals surface area contributed by atoms with Gasteiger partial charge < -0.3 is 29.9 Å². The number of thiocarbonyl (C=S) groups is 1. The third-order valence-electron chi connectivity index (χ3n) is 7.80. The van der Waals surface area contributed by atoms with Gasteiger partial charge in [-0.3, -0.25) is 9.78 Å². The monoisotopic (exact) mass is 617 g/mol. The number of aromatic nitrogens is 2. The van der Waals surface area contributed by atoms with Crippen molar-refractivity contribution in [3.8, 4) is 11.4 Å². The first-order chi connectivity index (χ1) is 21.8. The van der Waals surface area contributed by atoms with Crippen LogP contribution in [0, 0.1) is 13.8 Å². The number of anilines is 2. The Kier molecular flexibility index (Phi) is 8.30. The van der Waals surface area contributed by atoms with E-state index in [1.165, 1.54) is 0 Å². The third kappa shape index (κ3) is 6.13. The van der Waals surface area contributed by atoms with Crippen LogP contribution in [0.1, 0.15) is 45.1 Å². The number of carboxylic acid groups (broad SMARTS) is 1. The molecule has 1 saturated heterocycles. The summed E-state index contributed by atoms with van der Waals surface area (Å²) in [5, 5.41) is 16.3. The molecule has 2 atom stereocenters. The molecule has 2 aromatic heterocycles. The molecule has 0 spiro atoms. The van der Waals surface area contributed by atoms with Crippen LogP contribution in [-0.4, -0.2) is 38.3 Å². The first-order valence-electron chi connectivity index (χ1n) is 14.4. The Morgan fingerprint density at radius 1 is 0.933 bits per heavy atom. The number of nitrogens with zero attached hydrogens (tertiary/aromatic N) is 3. The van der Waals surface area contributed by atoms with Crippen LogP contribution in [0.4, 0.5) is 11.4 Å². The average Bonchev–Trinajstić information content (AvgIpc) is 3.55. The van der Waals surface area contributed by atoms with Crippen molar-refractivity contribution in [1.29, 1.82) is 0 Å². The maximum absolute atomic E-state index is 12.5. The van der Waals surface area contributed by atoms with E-state index < -0.39 is 5.97 Å². The van der Waals surface area contributed by atoms with E-state index in [-0.39, 0.29) is 30.2 Å². The summed E-state index contributed by atoms with van der Waals surface area (Å²) in [5.41, 5.74) is 6.49. The molecule has 1 amide bonds. The Balaban J connectivity index is 1.30. The quantitative estimate of drug-likeness (QED) is 0.164. The molecule has 1 aliphatic heterocycles. The fourth-order valence-electron chi connectivity index (χ4n) is 5.75. The normalized spacial score (nSPS) is 15.9. The molecule has 0 saturated carbocycles. The standard InChI is InChI=1S/C35H31N5O4S/c1-22-20-29(23(2)39(22)26-15-11-24(12-16-26)34(42)43)33-32(30-10-6-7-19-36-30)38-35(45)40(33)27-17-13-25(14-18-27)37-31(41)21-44-28-8-4-3-5-9-28/h3-20,32-33H,21H2,1-2H3,(H,37,41)(H,38,45)(H,42,43)/t32-,33+/m1/s1. The largest absolute Gasteiger partial charge is 0.484 e. The predicted molar refractivity (Wildman–Crippen MR) is 177 cm³/mol. The minimum Gasteiger partial charge on any atom is -0.484 e. The lowest BCUT2D eigenvalue weighted by molar-refractivity contribution is -0.118. The zero-order chi connectivity index (χ0) is 31.5. The summed E-state index contributed by atoms with van der Waals surface area (Å²) in [7, 11) is 0. The van der Waals surface area contributed by atoms with E-state index in [0.717, 1.165) is 34.0 Å².